The molecule has 21 heavy (non-hydrogen) atoms. The van der Waals surface area contributed by atoms with E-state index in [2.05, 4.69) is 24.4 Å². The highest BCUT2D eigenvalue weighted by Crippen LogP contribution is 2.36. The molecule has 3 atom stereocenters. The average Bonchev–Trinajstić information content (AvgIpc) is 2.54. The molecule has 116 valence electrons. The summed E-state index contributed by atoms with van der Waals surface area (Å²) in [7, 11) is 1.70. The lowest BCUT2D eigenvalue weighted by Crippen LogP contribution is -2.56. The zero-order chi connectivity index (χ0) is 14.9. The predicted octanol–water partition coefficient (Wildman–Crippen LogP) is 2.69. The number of aryl methyl sites for hydroxylation is 1. The number of fused-ring (bicyclic) bond motifs is 1. The van der Waals surface area contributed by atoms with E-state index in [0.717, 1.165) is 43.9 Å². The van der Waals surface area contributed by atoms with Crippen molar-refractivity contribution in [2.75, 3.05) is 13.7 Å². The first kappa shape index (κ1) is 14.9. The van der Waals surface area contributed by atoms with Crippen LogP contribution in [0.5, 0.6) is 5.75 Å². The zero-order valence-electron chi connectivity index (χ0n) is 13.2. The van der Waals surface area contributed by atoms with E-state index in [1.54, 1.807) is 7.11 Å². The van der Waals surface area contributed by atoms with Crippen molar-refractivity contribution < 1.29 is 9.84 Å². The molecule has 2 N–H and O–H groups in total. The molecule has 1 saturated heterocycles. The number of methoxy groups -OCH3 is 1. The Bertz CT molecular complexity index is 502. The molecule has 0 spiro atoms. The van der Waals surface area contributed by atoms with Crippen molar-refractivity contribution in [3.05, 3.63) is 29.3 Å². The fraction of sp³-hybridized carbons (Fsp3) is 0.667. The van der Waals surface area contributed by atoms with Gasteiger partial charge in [0.25, 0.3) is 0 Å². The zero-order valence-corrected chi connectivity index (χ0v) is 13.2. The summed E-state index contributed by atoms with van der Waals surface area (Å²) in [6, 6.07) is 6.50. The summed E-state index contributed by atoms with van der Waals surface area (Å²) in [6.45, 7) is 3.30. The van der Waals surface area contributed by atoms with Crippen LogP contribution in [0.2, 0.25) is 0 Å². The summed E-state index contributed by atoms with van der Waals surface area (Å²) in [5.41, 5.74) is 2.01. The third kappa shape index (κ3) is 2.95. The molecular formula is C18H27NO2. The Morgan fingerprint density at radius 3 is 3.00 bits per heavy atom. The second kappa shape index (κ2) is 5.98. The SMILES string of the molecule is CCC1CCNC(C2(O)CCc3ccc(OC)cc3C2)C1. The Morgan fingerprint density at radius 1 is 1.38 bits per heavy atom. The minimum atomic E-state index is -0.604. The monoisotopic (exact) mass is 289 g/mol. The molecule has 1 aromatic carbocycles. The van der Waals surface area contributed by atoms with Crippen LogP contribution in [0.15, 0.2) is 18.2 Å². The quantitative estimate of drug-likeness (QED) is 0.899. The molecule has 3 heteroatoms. The number of benzene rings is 1. The van der Waals surface area contributed by atoms with Gasteiger partial charge in [-0.15, -0.1) is 0 Å². The molecule has 0 amide bonds. The highest BCUT2D eigenvalue weighted by Gasteiger charge is 2.41. The van der Waals surface area contributed by atoms with Crippen molar-refractivity contribution in [3.8, 4) is 5.75 Å². The molecule has 0 radical (unpaired) electrons. The molecule has 3 nitrogen and oxygen atoms in total. The van der Waals surface area contributed by atoms with Gasteiger partial charge in [-0.25, -0.2) is 0 Å². The summed E-state index contributed by atoms with van der Waals surface area (Å²) < 4.78 is 5.33. The molecule has 3 rings (SSSR count). The van der Waals surface area contributed by atoms with E-state index in [9.17, 15) is 5.11 Å². The minimum absolute atomic E-state index is 0.232. The maximum absolute atomic E-state index is 11.2. The van der Waals surface area contributed by atoms with Crippen LogP contribution >= 0.6 is 0 Å². The van der Waals surface area contributed by atoms with Gasteiger partial charge in [0.15, 0.2) is 0 Å². The highest BCUT2D eigenvalue weighted by atomic mass is 16.5. The Hall–Kier alpha value is -1.06. The van der Waals surface area contributed by atoms with E-state index < -0.39 is 5.60 Å². The first-order valence-electron chi connectivity index (χ1n) is 8.26. The van der Waals surface area contributed by atoms with Gasteiger partial charge in [-0.2, -0.15) is 0 Å². The van der Waals surface area contributed by atoms with Gasteiger partial charge in [-0.3, -0.25) is 0 Å². The fourth-order valence-corrected chi connectivity index (χ4v) is 3.98. The molecule has 2 aliphatic rings. The number of aliphatic hydroxyl groups is 1. The summed E-state index contributed by atoms with van der Waals surface area (Å²) in [5.74, 6) is 1.65. The van der Waals surface area contributed by atoms with E-state index in [1.807, 2.05) is 6.07 Å². The number of rotatable bonds is 3. The van der Waals surface area contributed by atoms with Crippen LogP contribution in [0.4, 0.5) is 0 Å². The van der Waals surface area contributed by atoms with Gasteiger partial charge in [0.2, 0.25) is 0 Å². The molecule has 0 saturated carbocycles. The smallest absolute Gasteiger partial charge is 0.119 e. The van der Waals surface area contributed by atoms with Crippen molar-refractivity contribution in [1.29, 1.82) is 0 Å². The predicted molar refractivity (Wildman–Crippen MR) is 84.8 cm³/mol. The van der Waals surface area contributed by atoms with Crippen LogP contribution in [0.1, 0.15) is 43.7 Å². The number of ether oxygens (including phenoxy) is 1. The van der Waals surface area contributed by atoms with Gasteiger partial charge < -0.3 is 15.2 Å². The maximum atomic E-state index is 11.2. The van der Waals surface area contributed by atoms with Gasteiger partial charge in [-0.1, -0.05) is 19.4 Å². The molecule has 0 bridgehead atoms. The van der Waals surface area contributed by atoms with E-state index in [1.165, 1.54) is 24.0 Å². The summed E-state index contributed by atoms with van der Waals surface area (Å²) >= 11 is 0. The molecule has 1 aromatic rings. The Morgan fingerprint density at radius 2 is 2.24 bits per heavy atom. The second-order valence-electron chi connectivity index (χ2n) is 6.72. The highest BCUT2D eigenvalue weighted by molar-refractivity contribution is 5.39. The fourth-order valence-electron chi connectivity index (χ4n) is 3.98. The van der Waals surface area contributed by atoms with Crippen LogP contribution in [-0.4, -0.2) is 30.4 Å². The number of hydrogen-bond donors (Lipinski definition) is 2. The van der Waals surface area contributed by atoms with Crippen LogP contribution < -0.4 is 10.1 Å². The van der Waals surface area contributed by atoms with Crippen molar-refractivity contribution >= 4 is 0 Å². The van der Waals surface area contributed by atoms with Crippen LogP contribution in [-0.2, 0) is 12.8 Å². The lowest BCUT2D eigenvalue weighted by atomic mass is 9.72. The van der Waals surface area contributed by atoms with Gasteiger partial charge in [-0.05, 0) is 61.4 Å². The number of hydrogen-bond acceptors (Lipinski definition) is 3. The van der Waals surface area contributed by atoms with Crippen molar-refractivity contribution in [3.63, 3.8) is 0 Å². The lowest BCUT2D eigenvalue weighted by Gasteiger charge is -2.44. The van der Waals surface area contributed by atoms with Crippen molar-refractivity contribution in [2.45, 2.75) is 57.1 Å². The van der Waals surface area contributed by atoms with Gasteiger partial charge >= 0.3 is 0 Å². The summed E-state index contributed by atoms with van der Waals surface area (Å²) in [5, 5.41) is 14.8. The van der Waals surface area contributed by atoms with Gasteiger partial charge in [0.1, 0.15) is 5.75 Å². The van der Waals surface area contributed by atoms with Crippen LogP contribution in [0.3, 0.4) is 0 Å². The largest absolute Gasteiger partial charge is 0.497 e. The van der Waals surface area contributed by atoms with Gasteiger partial charge in [0, 0.05) is 12.5 Å². The maximum Gasteiger partial charge on any atom is 0.119 e. The second-order valence-corrected chi connectivity index (χ2v) is 6.72. The lowest BCUT2D eigenvalue weighted by molar-refractivity contribution is -0.0262. The van der Waals surface area contributed by atoms with Gasteiger partial charge in [0.05, 0.1) is 12.7 Å². The normalized spacial score (nSPS) is 32.5. The molecular weight excluding hydrogens is 262 g/mol. The number of nitrogens with one attached hydrogen (secondary N) is 1. The standard InChI is InChI=1S/C18H27NO2/c1-3-13-7-9-19-17(10-13)18(20)8-6-14-4-5-16(21-2)11-15(14)12-18/h4-5,11,13,17,19-20H,3,6-10,12H2,1-2H3. The average molecular weight is 289 g/mol. The molecule has 1 aliphatic heterocycles. The molecule has 3 unspecified atom stereocenters. The summed E-state index contributed by atoms with van der Waals surface area (Å²) in [6.07, 6.45) is 6.14. The van der Waals surface area contributed by atoms with Crippen molar-refractivity contribution in [2.24, 2.45) is 5.92 Å². The minimum Gasteiger partial charge on any atom is -0.497 e. The van der Waals surface area contributed by atoms with Crippen LogP contribution in [0, 0.1) is 5.92 Å². The topological polar surface area (TPSA) is 41.5 Å². The first-order valence-corrected chi connectivity index (χ1v) is 8.26. The van der Waals surface area contributed by atoms with E-state index in [0.29, 0.717) is 0 Å². The Kier molecular flexibility index (Phi) is 4.23. The molecule has 1 fully saturated rings. The summed E-state index contributed by atoms with van der Waals surface area (Å²) in [4.78, 5) is 0. The Labute approximate surface area is 127 Å². The molecule has 0 aromatic heterocycles. The third-order valence-electron chi connectivity index (χ3n) is 5.48. The molecule has 1 heterocycles. The first-order chi connectivity index (χ1) is 10.1. The number of piperidine rings is 1. The third-order valence-corrected chi connectivity index (χ3v) is 5.48. The van der Waals surface area contributed by atoms with E-state index >= 15 is 0 Å². The van der Waals surface area contributed by atoms with Crippen molar-refractivity contribution in [1.82, 2.24) is 5.32 Å². The Balaban J connectivity index is 1.79. The van der Waals surface area contributed by atoms with E-state index in [-0.39, 0.29) is 6.04 Å². The van der Waals surface area contributed by atoms with E-state index in [4.69, 9.17) is 4.74 Å². The van der Waals surface area contributed by atoms with Crippen LogP contribution in [0.25, 0.3) is 0 Å². The molecule has 1 aliphatic carbocycles.